The standard InChI is InChI=1S/C27H31N7O10S2.C15H4.C2HF3O2/c1-27(2)18(24(36)34(27)44-46(39,40)41)9-20(35)22(19-13-45-26(28)31-19)32-43-21(25(37)38)12-42-16-4-5-17-14(8-16)6-7-33(3)23(17)30-15-10-29-11-15;1-3-5-7-9-11-13-15-14-12-10-8-6-4-2;3-2(4,5)1(6)7/h4-8,13,15,18,21,29H,9-12H2,1-3H3,(H4,28,31,37,38,39,40,41);1H,2H3;(H,6,7)/b32-22-;;/t18?,21-;;/m0../s1. The molecule has 4 heterocycles. The Morgan fingerprint density at radius 3 is 2.16 bits per heavy atom. The van der Waals surface area contributed by atoms with Crippen LogP contribution in [0.1, 0.15) is 32.9 Å². The van der Waals surface area contributed by atoms with E-state index in [-0.39, 0.29) is 10.8 Å². The number of fused-ring (bicyclic) bond motifs is 1. The molecule has 1 unspecified atom stereocenters. The number of carboxylic acid groups (broad SMARTS) is 2. The van der Waals surface area contributed by atoms with Gasteiger partial charge in [0.25, 0.3) is 17.8 Å². The Balaban J connectivity index is 0.000000461. The maximum atomic E-state index is 13.4. The quantitative estimate of drug-likeness (QED) is 0.0361. The van der Waals surface area contributed by atoms with E-state index in [1.807, 2.05) is 29.9 Å². The number of carbonyl (C=O) groups is 4. The van der Waals surface area contributed by atoms with E-state index in [2.05, 4.69) is 102 Å². The zero-order valence-corrected chi connectivity index (χ0v) is 37.5. The van der Waals surface area contributed by atoms with Gasteiger partial charge < -0.3 is 35.6 Å². The number of hydrogen-bond acceptors (Lipinski definition) is 16. The van der Waals surface area contributed by atoms with Crippen LogP contribution in [0, 0.1) is 89.3 Å². The molecular formula is C44H36F3N7O12S2. The van der Waals surface area contributed by atoms with E-state index >= 15 is 0 Å². The largest absolute Gasteiger partial charge is 0.542 e. The number of pyridine rings is 1. The normalized spacial score (nSPS) is 14.8. The first kappa shape index (κ1) is 54.1. The smallest absolute Gasteiger partial charge is 0.430 e. The lowest BCUT2D eigenvalue weighted by atomic mass is 9.74. The number of aryl methyl sites for hydroxylation is 1. The number of nitrogens with two attached hydrogens (primary N) is 1. The first-order valence-corrected chi connectivity index (χ1v) is 21.1. The van der Waals surface area contributed by atoms with Gasteiger partial charge in [-0.05, 0) is 121 Å². The van der Waals surface area contributed by atoms with Crippen molar-refractivity contribution < 1.29 is 74.0 Å². The van der Waals surface area contributed by atoms with Crippen molar-refractivity contribution in [2.24, 2.45) is 18.1 Å². The zero-order valence-electron chi connectivity index (χ0n) is 35.9. The van der Waals surface area contributed by atoms with Gasteiger partial charge >= 0.3 is 22.5 Å². The summed E-state index contributed by atoms with van der Waals surface area (Å²) in [5.74, 6) is 26.1. The molecule has 68 heavy (non-hydrogen) atoms. The molecule has 0 radical (unpaired) electrons. The van der Waals surface area contributed by atoms with Crippen LogP contribution in [0.4, 0.5) is 24.1 Å². The number of nitrogens with zero attached hydrogens (tertiary/aromatic N) is 4. The fourth-order valence-electron chi connectivity index (χ4n) is 5.31. The molecular weight excluding hydrogens is 940 g/mol. The van der Waals surface area contributed by atoms with Crippen molar-refractivity contribution in [1.82, 2.24) is 15.4 Å². The second-order valence-electron chi connectivity index (χ2n) is 13.8. The van der Waals surface area contributed by atoms with Gasteiger partial charge in [0.15, 0.2) is 16.6 Å². The summed E-state index contributed by atoms with van der Waals surface area (Å²) in [7, 11) is -3.05. The maximum absolute atomic E-state index is 13.4. The van der Waals surface area contributed by atoms with Crippen molar-refractivity contribution >= 4 is 72.8 Å². The first-order chi connectivity index (χ1) is 32.0. The molecule has 5 rings (SSSR count). The highest BCUT2D eigenvalue weighted by Gasteiger charge is 2.57. The molecule has 2 aromatic heterocycles. The molecule has 0 saturated carbocycles. The second kappa shape index (κ2) is 24.9. The second-order valence-corrected chi connectivity index (χ2v) is 15.7. The Morgan fingerprint density at radius 2 is 1.69 bits per heavy atom. The number of nitrogens with one attached hydrogen (secondary N) is 2. The van der Waals surface area contributed by atoms with Crippen LogP contribution in [0.5, 0.6) is 5.75 Å². The van der Waals surface area contributed by atoms with Crippen molar-refractivity contribution in [3.05, 3.63) is 41.5 Å². The van der Waals surface area contributed by atoms with Crippen molar-refractivity contribution in [3.8, 4) is 89.1 Å². The Morgan fingerprint density at radius 1 is 1.10 bits per heavy atom. The molecule has 0 spiro atoms. The number of aromatic nitrogens is 2. The van der Waals surface area contributed by atoms with Crippen LogP contribution in [0.2, 0.25) is 0 Å². The number of Topliss-reactive ketones (excluding diaryl/α,β-unsaturated/α-hetero) is 1. The van der Waals surface area contributed by atoms with Crippen LogP contribution < -0.4 is 30.8 Å². The minimum Gasteiger partial charge on any atom is -0.542 e. The highest BCUT2D eigenvalue weighted by Crippen LogP contribution is 2.40. The number of benzene rings is 1. The molecule has 2 atom stereocenters. The lowest BCUT2D eigenvalue weighted by Crippen LogP contribution is -2.68. The van der Waals surface area contributed by atoms with E-state index in [0.29, 0.717) is 16.9 Å². The average molecular weight is 976 g/mol. The number of alkyl halides is 3. The fraction of sp³-hybridized carbons (Fsp3) is 0.295. The topological polar surface area (TPSA) is 276 Å². The maximum Gasteiger partial charge on any atom is 0.430 e. The van der Waals surface area contributed by atoms with Gasteiger partial charge in [-0.1, -0.05) is 11.1 Å². The Hall–Kier alpha value is -8.25. The summed E-state index contributed by atoms with van der Waals surface area (Å²) in [5.41, 5.74) is 3.99. The van der Waals surface area contributed by atoms with Crippen LogP contribution in [0.15, 0.2) is 41.0 Å². The average Bonchev–Trinajstić information content (AvgIpc) is 3.68. The molecule has 0 bridgehead atoms. The fourth-order valence-corrected chi connectivity index (χ4v) is 6.31. The van der Waals surface area contributed by atoms with Gasteiger partial charge in [0.1, 0.15) is 30.1 Å². The minimum atomic E-state index is -5.19. The lowest BCUT2D eigenvalue weighted by Gasteiger charge is -2.50. The molecule has 3 aromatic rings. The van der Waals surface area contributed by atoms with E-state index < -0.39 is 76.5 Å². The monoisotopic (exact) mass is 975 g/mol. The molecule has 2 fully saturated rings. The molecule has 6 N–H and O–H groups in total. The van der Waals surface area contributed by atoms with Crippen LogP contribution in [-0.2, 0) is 45.7 Å². The Bertz CT molecular complexity index is 3020. The van der Waals surface area contributed by atoms with Crippen molar-refractivity contribution in [2.45, 2.75) is 51.1 Å². The number of carboxylic acids is 2. The third-order valence-corrected chi connectivity index (χ3v) is 9.71. The number of hydrogen-bond donors (Lipinski definition) is 5. The number of β-lactam (4-membered cyclic amide) rings is 1. The Labute approximate surface area is 391 Å². The third-order valence-electron chi connectivity index (χ3n) is 8.69. The summed E-state index contributed by atoms with van der Waals surface area (Å²) in [6.45, 7) is 5.82. The summed E-state index contributed by atoms with van der Waals surface area (Å²) >= 11 is 0.992. The van der Waals surface area contributed by atoms with Crippen LogP contribution in [0.25, 0.3) is 10.8 Å². The van der Waals surface area contributed by atoms with Gasteiger partial charge in [-0.15, -0.1) is 22.0 Å². The number of hydroxylamine groups is 2. The highest BCUT2D eigenvalue weighted by molar-refractivity contribution is 7.80. The molecule has 352 valence electrons. The number of halogens is 3. The van der Waals surface area contributed by atoms with Crippen molar-refractivity contribution in [2.75, 3.05) is 30.7 Å². The summed E-state index contributed by atoms with van der Waals surface area (Å²) in [6.07, 6.45) is -0.558. The number of anilines is 2. The first-order valence-electron chi connectivity index (χ1n) is 18.9. The van der Waals surface area contributed by atoms with Crippen molar-refractivity contribution in [1.29, 1.82) is 0 Å². The molecule has 2 saturated heterocycles. The number of carbonyl (C=O) groups excluding carboxylic acids is 3. The summed E-state index contributed by atoms with van der Waals surface area (Å²) in [4.78, 5) is 56.1. The molecule has 0 aliphatic carbocycles. The lowest BCUT2D eigenvalue weighted by molar-refractivity contribution is -0.656. The van der Waals surface area contributed by atoms with E-state index in [1.165, 1.54) is 19.2 Å². The summed E-state index contributed by atoms with van der Waals surface area (Å²) in [5, 5.41) is 32.9. The number of amides is 1. The summed E-state index contributed by atoms with van der Waals surface area (Å²) in [6, 6.07) is 7.55. The van der Waals surface area contributed by atoms with Gasteiger partial charge in [0, 0.05) is 24.9 Å². The van der Waals surface area contributed by atoms with Gasteiger partial charge in [-0.2, -0.15) is 26.7 Å². The number of terminal acetylenes is 1. The number of ether oxygens (including phenoxy) is 1. The molecule has 19 nitrogen and oxygen atoms in total. The molecule has 1 amide bonds. The number of rotatable bonds is 14. The zero-order chi connectivity index (χ0) is 50.7. The van der Waals surface area contributed by atoms with Gasteiger partial charge in [0.2, 0.25) is 0 Å². The minimum absolute atomic E-state index is 0.0158. The molecule has 1 aromatic carbocycles. The predicted molar refractivity (Wildman–Crippen MR) is 235 cm³/mol. The number of aliphatic carboxylic acids is 2. The number of ketones is 1. The molecule has 2 aliphatic heterocycles. The number of nitrogen functional groups attached to an aromatic ring is 1. The SMILES string of the molecule is C#CC#CC#CC#CC#CC#CC#CC.C[n+]1ccc2cc(OC[C@H](O/N=C(\C(=O)CC3C(=O)N(OS(=O)(=O)O)C3(C)C)c3csc(N)n3)C(=O)O)ccc2c1NC1CNC1.O=C([O-])C(F)(F)F. The van der Waals surface area contributed by atoms with Crippen LogP contribution in [0.3, 0.4) is 0 Å². The molecule has 2 aliphatic rings. The van der Waals surface area contributed by atoms with E-state index in [4.69, 9.17) is 36.2 Å². The van der Waals surface area contributed by atoms with Gasteiger partial charge in [-0.25, -0.2) is 14.3 Å². The predicted octanol–water partition coefficient (Wildman–Crippen LogP) is 0.229. The van der Waals surface area contributed by atoms with Crippen LogP contribution in [-0.4, -0.2) is 101 Å². The highest BCUT2D eigenvalue weighted by atomic mass is 32.3. The van der Waals surface area contributed by atoms with Crippen LogP contribution >= 0.6 is 11.3 Å². The van der Waals surface area contributed by atoms with E-state index in [9.17, 15) is 41.1 Å². The van der Waals surface area contributed by atoms with Gasteiger partial charge in [0.05, 0.1) is 30.1 Å². The number of thiazole rings is 1. The van der Waals surface area contributed by atoms with Crippen molar-refractivity contribution in [3.63, 3.8) is 0 Å². The molecule has 24 heteroatoms. The Kier molecular flexibility index (Phi) is 19.8. The van der Waals surface area contributed by atoms with E-state index in [1.54, 1.807) is 19.1 Å². The third kappa shape index (κ3) is 16.6. The number of oxime groups is 1. The van der Waals surface area contributed by atoms with E-state index in [0.717, 1.165) is 41.0 Å². The van der Waals surface area contributed by atoms with Gasteiger partial charge in [-0.3, -0.25) is 19.5 Å². The summed E-state index contributed by atoms with van der Waals surface area (Å²) < 4.78 is 74.8.